The van der Waals surface area contributed by atoms with Crippen LogP contribution in [0.25, 0.3) is 0 Å². The van der Waals surface area contributed by atoms with E-state index < -0.39 is 4.92 Å². The Bertz CT molecular complexity index is 816. The van der Waals surface area contributed by atoms with Crippen molar-refractivity contribution in [2.24, 2.45) is 23.7 Å². The van der Waals surface area contributed by atoms with E-state index in [2.05, 4.69) is 0 Å². The van der Waals surface area contributed by atoms with Gasteiger partial charge in [-0.05, 0) is 19.9 Å². The third kappa shape index (κ3) is 1.76. The van der Waals surface area contributed by atoms with Gasteiger partial charge in [0.05, 0.1) is 22.4 Å². The fourth-order valence-corrected chi connectivity index (χ4v) is 4.43. The summed E-state index contributed by atoms with van der Waals surface area (Å²) in [5, 5.41) is 11.0. The second kappa shape index (κ2) is 4.87. The Morgan fingerprint density at radius 3 is 2.17 bits per heavy atom. The molecular weight excluding hydrogens is 308 g/mol. The van der Waals surface area contributed by atoms with Gasteiger partial charge < -0.3 is 0 Å². The molecule has 1 saturated heterocycles. The van der Waals surface area contributed by atoms with E-state index in [0.29, 0.717) is 0 Å². The Hall–Kier alpha value is -2.76. The first-order valence-corrected chi connectivity index (χ1v) is 7.89. The molecule has 0 N–H and O–H groups in total. The average Bonchev–Trinajstić information content (AvgIpc) is 3.17. The predicted octanol–water partition coefficient (Wildman–Crippen LogP) is 2.85. The second-order valence-electron chi connectivity index (χ2n) is 6.73. The van der Waals surface area contributed by atoms with Gasteiger partial charge in [0.1, 0.15) is 0 Å². The van der Waals surface area contributed by atoms with E-state index in [1.165, 1.54) is 23.8 Å². The van der Waals surface area contributed by atoms with Crippen molar-refractivity contribution >= 4 is 23.2 Å². The zero-order valence-corrected chi connectivity index (χ0v) is 13.3. The molecule has 24 heavy (non-hydrogen) atoms. The molecule has 2 aliphatic carbocycles. The SMILES string of the molecule is CC(C)=C1[C@H]2C=C[C@H]1[C@H]1C(=O)N(c3cccc([N+](=O)[O-])c3)C(=O)[C@H]12. The molecule has 1 heterocycles. The Balaban J connectivity index is 1.76. The highest BCUT2D eigenvalue weighted by molar-refractivity contribution is 6.23. The number of nitro groups is 1. The number of hydrogen-bond donors (Lipinski definition) is 0. The number of rotatable bonds is 2. The number of carbonyl (C=O) groups is 2. The summed E-state index contributed by atoms with van der Waals surface area (Å²) in [5.41, 5.74) is 2.50. The van der Waals surface area contributed by atoms with Crippen LogP contribution in [-0.4, -0.2) is 16.7 Å². The molecule has 6 heteroatoms. The maximum absolute atomic E-state index is 12.9. The van der Waals surface area contributed by atoms with Crippen LogP contribution >= 0.6 is 0 Å². The van der Waals surface area contributed by atoms with E-state index in [-0.39, 0.29) is 46.9 Å². The number of fused-ring (bicyclic) bond motifs is 5. The average molecular weight is 324 g/mol. The lowest BCUT2D eigenvalue weighted by molar-refractivity contribution is -0.384. The number of amides is 2. The number of carbonyl (C=O) groups excluding carboxylic acids is 2. The molecule has 1 aromatic carbocycles. The van der Waals surface area contributed by atoms with Crippen LogP contribution in [0.4, 0.5) is 11.4 Å². The molecule has 0 spiro atoms. The molecule has 2 fully saturated rings. The summed E-state index contributed by atoms with van der Waals surface area (Å²) in [5.74, 6) is -1.30. The van der Waals surface area contributed by atoms with Gasteiger partial charge in [0, 0.05) is 24.0 Å². The van der Waals surface area contributed by atoms with Crippen LogP contribution < -0.4 is 4.90 Å². The lowest BCUT2D eigenvalue weighted by Gasteiger charge is -2.19. The van der Waals surface area contributed by atoms with Crippen molar-refractivity contribution in [2.45, 2.75) is 13.8 Å². The van der Waals surface area contributed by atoms with Crippen LogP contribution in [0.15, 0.2) is 47.6 Å². The molecule has 2 amide bonds. The summed E-state index contributed by atoms with van der Waals surface area (Å²) in [6, 6.07) is 5.70. The monoisotopic (exact) mass is 324 g/mol. The minimum Gasteiger partial charge on any atom is -0.274 e. The van der Waals surface area contributed by atoms with Gasteiger partial charge in [0.15, 0.2) is 0 Å². The molecule has 1 aromatic rings. The van der Waals surface area contributed by atoms with E-state index in [1.54, 1.807) is 6.07 Å². The van der Waals surface area contributed by atoms with Gasteiger partial charge in [-0.1, -0.05) is 29.4 Å². The van der Waals surface area contributed by atoms with Gasteiger partial charge in [-0.3, -0.25) is 19.7 Å². The molecule has 1 aliphatic heterocycles. The molecule has 122 valence electrons. The third-order valence-electron chi connectivity index (χ3n) is 5.29. The molecule has 4 atom stereocenters. The number of anilines is 1. The number of hydrogen-bond acceptors (Lipinski definition) is 4. The summed E-state index contributed by atoms with van der Waals surface area (Å²) in [4.78, 5) is 37.4. The number of imide groups is 1. The zero-order chi connectivity index (χ0) is 17.2. The first-order valence-electron chi connectivity index (χ1n) is 7.89. The minimum absolute atomic E-state index is 0.0230. The zero-order valence-electron chi connectivity index (χ0n) is 13.3. The van der Waals surface area contributed by atoms with Crippen LogP contribution in [0, 0.1) is 33.8 Å². The maximum atomic E-state index is 12.9. The largest absolute Gasteiger partial charge is 0.274 e. The summed E-state index contributed by atoms with van der Waals surface area (Å²) in [7, 11) is 0. The highest BCUT2D eigenvalue weighted by Crippen LogP contribution is 2.57. The number of non-ortho nitro benzene ring substituents is 1. The highest BCUT2D eigenvalue weighted by Gasteiger charge is 2.61. The van der Waals surface area contributed by atoms with Crippen molar-refractivity contribution in [2.75, 3.05) is 4.90 Å². The lowest BCUT2D eigenvalue weighted by atomic mass is 9.85. The van der Waals surface area contributed by atoms with E-state index in [1.807, 2.05) is 26.0 Å². The number of allylic oxidation sites excluding steroid dienone is 4. The smallest absolute Gasteiger partial charge is 0.271 e. The fraction of sp³-hybridized carbons (Fsp3) is 0.333. The van der Waals surface area contributed by atoms with E-state index >= 15 is 0 Å². The summed E-state index contributed by atoms with van der Waals surface area (Å²) < 4.78 is 0. The quantitative estimate of drug-likeness (QED) is 0.362. The number of nitro benzene ring substituents is 1. The molecule has 2 bridgehead atoms. The Kier molecular flexibility index (Phi) is 3.00. The van der Waals surface area contributed by atoms with Crippen LogP contribution in [0.2, 0.25) is 0 Å². The van der Waals surface area contributed by atoms with Crippen molar-refractivity contribution in [3.63, 3.8) is 0 Å². The summed E-state index contributed by atoms with van der Waals surface area (Å²) in [6.07, 6.45) is 4.05. The molecule has 6 nitrogen and oxygen atoms in total. The Morgan fingerprint density at radius 2 is 1.67 bits per heavy atom. The van der Waals surface area contributed by atoms with E-state index in [0.717, 1.165) is 10.5 Å². The first kappa shape index (κ1) is 14.8. The molecule has 0 unspecified atom stereocenters. The number of nitrogens with zero attached hydrogens (tertiary/aromatic N) is 2. The van der Waals surface area contributed by atoms with Gasteiger partial charge in [-0.25, -0.2) is 4.90 Å². The standard InChI is InChI=1S/C18H16N2O4/c1-9(2)14-12-6-7-13(14)16-15(12)17(21)19(18(16)22)10-4-3-5-11(8-10)20(23)24/h3-8,12-13,15-16H,1-2H3/t12-,13-,15-,16+/m1/s1. The maximum Gasteiger partial charge on any atom is 0.271 e. The van der Waals surface area contributed by atoms with Crippen LogP contribution in [-0.2, 0) is 9.59 Å². The number of benzene rings is 1. The van der Waals surface area contributed by atoms with Crippen LogP contribution in [0.3, 0.4) is 0 Å². The minimum atomic E-state index is -0.526. The third-order valence-corrected chi connectivity index (χ3v) is 5.29. The van der Waals surface area contributed by atoms with Gasteiger partial charge in [-0.2, -0.15) is 0 Å². The molecule has 0 aromatic heterocycles. The Morgan fingerprint density at radius 1 is 1.08 bits per heavy atom. The van der Waals surface area contributed by atoms with Gasteiger partial charge in [0.2, 0.25) is 11.8 Å². The van der Waals surface area contributed by atoms with Crippen molar-refractivity contribution in [3.05, 3.63) is 57.7 Å². The first-order chi connectivity index (χ1) is 11.4. The van der Waals surface area contributed by atoms with Crippen LogP contribution in [0.5, 0.6) is 0 Å². The van der Waals surface area contributed by atoms with Crippen molar-refractivity contribution in [1.82, 2.24) is 0 Å². The van der Waals surface area contributed by atoms with E-state index in [9.17, 15) is 19.7 Å². The summed E-state index contributed by atoms with van der Waals surface area (Å²) >= 11 is 0. The van der Waals surface area contributed by atoms with Crippen molar-refractivity contribution in [3.8, 4) is 0 Å². The lowest BCUT2D eigenvalue weighted by Crippen LogP contribution is -2.33. The van der Waals surface area contributed by atoms with Crippen molar-refractivity contribution in [1.29, 1.82) is 0 Å². The van der Waals surface area contributed by atoms with Crippen LogP contribution in [0.1, 0.15) is 13.8 Å². The molecule has 3 aliphatic rings. The predicted molar refractivity (Wildman–Crippen MR) is 87.1 cm³/mol. The molecular formula is C18H16N2O4. The summed E-state index contributed by atoms with van der Waals surface area (Å²) in [6.45, 7) is 4.02. The molecule has 1 saturated carbocycles. The van der Waals surface area contributed by atoms with Crippen molar-refractivity contribution < 1.29 is 14.5 Å². The molecule has 0 radical (unpaired) electrons. The second-order valence-corrected chi connectivity index (χ2v) is 6.73. The Labute approximate surface area is 138 Å². The van der Waals surface area contributed by atoms with E-state index in [4.69, 9.17) is 0 Å². The normalized spacial score (nSPS) is 30.2. The van der Waals surface area contributed by atoms with Gasteiger partial charge in [0.25, 0.3) is 5.69 Å². The fourth-order valence-electron chi connectivity index (χ4n) is 4.43. The topological polar surface area (TPSA) is 80.5 Å². The highest BCUT2D eigenvalue weighted by atomic mass is 16.6. The van der Waals surface area contributed by atoms with Gasteiger partial charge in [-0.15, -0.1) is 0 Å². The van der Waals surface area contributed by atoms with Gasteiger partial charge >= 0.3 is 0 Å². The molecule has 4 rings (SSSR count).